The number of rotatable bonds is 1. The van der Waals surface area contributed by atoms with Gasteiger partial charge in [-0.15, -0.1) is 0 Å². The van der Waals surface area contributed by atoms with E-state index in [1.165, 1.54) is 13.0 Å². The first kappa shape index (κ1) is 9.00. The molecular formula is C8H6ClFNO. The number of amides is 1. The van der Waals surface area contributed by atoms with E-state index in [4.69, 9.17) is 11.6 Å². The quantitative estimate of drug-likeness (QED) is 0.716. The average Bonchev–Trinajstić information content (AvgIpc) is 1.94. The minimum atomic E-state index is -0.561. The molecule has 1 amide bonds. The molecule has 0 saturated carbocycles. The van der Waals surface area contributed by atoms with E-state index in [9.17, 15) is 9.18 Å². The number of carbonyl (C=O) groups excluding carboxylic acids is 1. The van der Waals surface area contributed by atoms with E-state index in [2.05, 4.69) is 11.4 Å². The summed E-state index contributed by atoms with van der Waals surface area (Å²) in [4.78, 5) is 10.5. The third-order valence-corrected chi connectivity index (χ3v) is 1.39. The fraction of sp³-hybridized carbons (Fsp3) is 0.125. The van der Waals surface area contributed by atoms with Crippen LogP contribution in [0.5, 0.6) is 0 Å². The Labute approximate surface area is 74.3 Å². The van der Waals surface area contributed by atoms with Crippen molar-refractivity contribution in [3.8, 4) is 0 Å². The van der Waals surface area contributed by atoms with Gasteiger partial charge in [-0.25, -0.2) is 4.39 Å². The lowest BCUT2D eigenvalue weighted by atomic mass is 10.3. The second-order valence-electron chi connectivity index (χ2n) is 2.22. The molecule has 2 nitrogen and oxygen atoms in total. The zero-order chi connectivity index (χ0) is 9.14. The summed E-state index contributed by atoms with van der Waals surface area (Å²) < 4.78 is 12.9. The Morgan fingerprint density at radius 3 is 2.92 bits per heavy atom. The van der Waals surface area contributed by atoms with Crippen molar-refractivity contribution in [1.82, 2.24) is 0 Å². The summed E-state index contributed by atoms with van der Waals surface area (Å²) in [6, 6.07) is 4.94. The second-order valence-corrected chi connectivity index (χ2v) is 2.63. The number of hydrogen-bond donors (Lipinski definition) is 1. The van der Waals surface area contributed by atoms with E-state index in [1.807, 2.05) is 0 Å². The van der Waals surface area contributed by atoms with Crippen LogP contribution in [0.2, 0.25) is 5.02 Å². The van der Waals surface area contributed by atoms with Crippen LogP contribution >= 0.6 is 11.6 Å². The van der Waals surface area contributed by atoms with E-state index in [0.717, 1.165) is 6.07 Å². The number of halogens is 2. The van der Waals surface area contributed by atoms with Crippen molar-refractivity contribution in [3.05, 3.63) is 29.0 Å². The van der Waals surface area contributed by atoms with Gasteiger partial charge in [-0.05, 0) is 12.1 Å². The van der Waals surface area contributed by atoms with E-state index in [-0.39, 0.29) is 16.6 Å². The highest BCUT2D eigenvalue weighted by Gasteiger charge is 2.03. The maximum absolute atomic E-state index is 12.9. The van der Waals surface area contributed by atoms with Crippen LogP contribution in [0.15, 0.2) is 12.1 Å². The Bertz CT molecular complexity index is 314. The standard InChI is InChI=1S/C8H6ClFNO/c1-5(12)11-8-3-2-6(9)4-7(8)10/h3-4H,1H3,(H,11,12). The fourth-order valence-corrected chi connectivity index (χ4v) is 0.877. The minimum absolute atomic E-state index is 0.0897. The van der Waals surface area contributed by atoms with Crippen LogP contribution in [0.25, 0.3) is 0 Å². The molecule has 0 aliphatic carbocycles. The lowest BCUT2D eigenvalue weighted by molar-refractivity contribution is -0.114. The zero-order valence-electron chi connectivity index (χ0n) is 6.32. The van der Waals surface area contributed by atoms with E-state index >= 15 is 0 Å². The molecule has 0 heterocycles. The smallest absolute Gasteiger partial charge is 0.221 e. The molecule has 1 aromatic rings. The molecule has 0 atom stereocenters. The molecule has 0 aliphatic heterocycles. The number of benzene rings is 1. The first-order chi connectivity index (χ1) is 5.59. The number of anilines is 1. The van der Waals surface area contributed by atoms with Crippen molar-refractivity contribution in [2.24, 2.45) is 0 Å². The molecule has 0 fully saturated rings. The SMILES string of the molecule is CC(=O)Nc1c[c]c(Cl)cc1F. The van der Waals surface area contributed by atoms with E-state index in [0.29, 0.717) is 0 Å². The molecule has 0 bridgehead atoms. The van der Waals surface area contributed by atoms with Gasteiger partial charge in [0.2, 0.25) is 5.91 Å². The predicted molar refractivity (Wildman–Crippen MR) is 44.5 cm³/mol. The van der Waals surface area contributed by atoms with Crippen LogP contribution in [0, 0.1) is 11.9 Å². The van der Waals surface area contributed by atoms with Gasteiger partial charge in [-0.1, -0.05) is 11.6 Å². The van der Waals surface area contributed by atoms with Gasteiger partial charge >= 0.3 is 0 Å². The maximum atomic E-state index is 12.9. The van der Waals surface area contributed by atoms with Crippen molar-refractivity contribution >= 4 is 23.2 Å². The van der Waals surface area contributed by atoms with Gasteiger partial charge in [0.25, 0.3) is 0 Å². The van der Waals surface area contributed by atoms with Crippen molar-refractivity contribution in [2.75, 3.05) is 5.32 Å². The summed E-state index contributed by atoms with van der Waals surface area (Å²) in [5.74, 6) is -0.890. The normalized spacial score (nSPS) is 9.58. The third kappa shape index (κ3) is 2.20. The second kappa shape index (κ2) is 3.54. The molecule has 1 radical (unpaired) electrons. The van der Waals surface area contributed by atoms with E-state index in [1.54, 1.807) is 0 Å². The van der Waals surface area contributed by atoms with Crippen LogP contribution in [-0.2, 0) is 4.79 Å². The van der Waals surface area contributed by atoms with Gasteiger partial charge in [0.05, 0.1) is 10.7 Å². The molecule has 0 saturated heterocycles. The van der Waals surface area contributed by atoms with Crippen molar-refractivity contribution in [1.29, 1.82) is 0 Å². The van der Waals surface area contributed by atoms with Crippen LogP contribution in [0.1, 0.15) is 6.92 Å². The summed E-state index contributed by atoms with van der Waals surface area (Å²) in [6.45, 7) is 1.30. The van der Waals surface area contributed by atoms with Gasteiger partial charge in [0, 0.05) is 13.0 Å². The highest BCUT2D eigenvalue weighted by Crippen LogP contribution is 2.17. The first-order valence-electron chi connectivity index (χ1n) is 3.24. The van der Waals surface area contributed by atoms with Crippen LogP contribution in [0.3, 0.4) is 0 Å². The largest absolute Gasteiger partial charge is 0.324 e. The lowest BCUT2D eigenvalue weighted by Gasteiger charge is -2.02. The summed E-state index contributed by atoms with van der Waals surface area (Å²) in [5, 5.41) is 2.48. The zero-order valence-corrected chi connectivity index (χ0v) is 7.07. The Hall–Kier alpha value is -1.09. The van der Waals surface area contributed by atoms with E-state index < -0.39 is 5.82 Å². The molecule has 0 unspecified atom stereocenters. The molecule has 1 aromatic carbocycles. The van der Waals surface area contributed by atoms with Gasteiger partial charge in [0.15, 0.2) is 0 Å². The minimum Gasteiger partial charge on any atom is -0.324 e. The lowest BCUT2D eigenvalue weighted by Crippen LogP contribution is -2.07. The van der Waals surface area contributed by atoms with Crippen LogP contribution in [0.4, 0.5) is 10.1 Å². The van der Waals surface area contributed by atoms with Crippen molar-refractivity contribution in [2.45, 2.75) is 6.92 Å². The molecule has 0 spiro atoms. The summed E-state index contributed by atoms with van der Waals surface area (Å²) in [6.07, 6.45) is 0. The Balaban J connectivity index is 2.93. The summed E-state index contributed by atoms with van der Waals surface area (Å²) in [7, 11) is 0. The molecule has 12 heavy (non-hydrogen) atoms. The maximum Gasteiger partial charge on any atom is 0.221 e. The topological polar surface area (TPSA) is 29.1 Å². The van der Waals surface area contributed by atoms with Crippen LogP contribution in [-0.4, -0.2) is 5.91 Å². The Morgan fingerprint density at radius 1 is 1.75 bits per heavy atom. The van der Waals surface area contributed by atoms with Crippen LogP contribution < -0.4 is 5.32 Å². The van der Waals surface area contributed by atoms with Gasteiger partial charge < -0.3 is 5.32 Å². The predicted octanol–water partition coefficient (Wildman–Crippen LogP) is 2.24. The molecule has 4 heteroatoms. The monoisotopic (exact) mass is 186 g/mol. The highest BCUT2D eigenvalue weighted by atomic mass is 35.5. The van der Waals surface area contributed by atoms with Gasteiger partial charge in [-0.3, -0.25) is 4.79 Å². The highest BCUT2D eigenvalue weighted by molar-refractivity contribution is 6.30. The molecule has 1 N–H and O–H groups in total. The first-order valence-corrected chi connectivity index (χ1v) is 3.61. The number of hydrogen-bond acceptors (Lipinski definition) is 1. The Kier molecular flexibility index (Phi) is 2.65. The summed E-state index contributed by atoms with van der Waals surface area (Å²) in [5.41, 5.74) is 0.0897. The van der Waals surface area contributed by atoms with Crippen molar-refractivity contribution < 1.29 is 9.18 Å². The molecule has 0 aromatic heterocycles. The average molecular weight is 187 g/mol. The number of carbonyl (C=O) groups is 1. The third-order valence-electron chi connectivity index (χ3n) is 1.18. The number of nitrogens with one attached hydrogen (secondary N) is 1. The van der Waals surface area contributed by atoms with Crippen molar-refractivity contribution in [3.63, 3.8) is 0 Å². The summed E-state index contributed by atoms with van der Waals surface area (Å²) >= 11 is 5.45. The van der Waals surface area contributed by atoms with Gasteiger partial charge in [-0.2, -0.15) is 0 Å². The van der Waals surface area contributed by atoms with Gasteiger partial charge in [0.1, 0.15) is 5.82 Å². The molecular weight excluding hydrogens is 181 g/mol. The molecule has 63 valence electrons. The Morgan fingerprint density at radius 2 is 2.42 bits per heavy atom. The fourth-order valence-electron chi connectivity index (χ4n) is 0.726. The molecule has 1 rings (SSSR count). The molecule has 0 aliphatic rings.